The highest BCUT2D eigenvalue weighted by atomic mass is 32.2. The van der Waals surface area contributed by atoms with E-state index >= 15 is 4.39 Å². The smallest absolute Gasteiger partial charge is 0.355 e. The number of carbonyl (C=O) groups is 5. The maximum absolute atomic E-state index is 15.3. The highest BCUT2D eigenvalue weighted by Gasteiger charge is 2.54. The second-order valence-corrected chi connectivity index (χ2v) is 16.4. The van der Waals surface area contributed by atoms with Crippen molar-refractivity contribution >= 4 is 75.7 Å². The number of carbonyl (C=O) groups excluding carboxylic acids is 5. The van der Waals surface area contributed by atoms with Crippen molar-refractivity contribution in [2.75, 3.05) is 56.7 Å². The third-order valence-corrected chi connectivity index (χ3v) is 12.6. The lowest BCUT2D eigenvalue weighted by Crippen LogP contribution is -2.70. The largest absolute Gasteiger partial charge is 0.462 e. The lowest BCUT2D eigenvalue weighted by Gasteiger charge is -2.49. The van der Waals surface area contributed by atoms with Gasteiger partial charge in [-0.2, -0.15) is 0 Å². The molecule has 3 atom stereocenters. The van der Waals surface area contributed by atoms with Crippen LogP contribution >= 0.6 is 23.5 Å². The van der Waals surface area contributed by atoms with E-state index in [2.05, 4.69) is 22.2 Å². The summed E-state index contributed by atoms with van der Waals surface area (Å²) >= 11 is 2.68. The number of amidine groups is 1. The Hall–Kier alpha value is -5.14. The highest BCUT2D eigenvalue weighted by Crippen LogP contribution is 2.47. The fraction of sp³-hybridized carbons (Fsp3) is 0.447. The molecular weight excluding hydrogens is 782 g/mol. The Kier molecular flexibility index (Phi) is 11.8. The van der Waals surface area contributed by atoms with Crippen LogP contribution in [0.25, 0.3) is 10.9 Å². The Labute approximate surface area is 335 Å². The molecule has 2 aromatic rings. The molecule has 6 heterocycles. The number of halogens is 1. The van der Waals surface area contributed by atoms with Crippen LogP contribution < -0.4 is 26.7 Å². The molecule has 0 bridgehead atoms. The molecule has 16 nitrogen and oxygen atoms in total. The number of hydrogen-bond donors (Lipinski definition) is 3. The number of pyridine rings is 1. The number of fused-ring (bicyclic) bond motifs is 4. The molecule has 2 fully saturated rings. The lowest BCUT2D eigenvalue weighted by molar-refractivity contribution is -0.153. The fourth-order valence-electron chi connectivity index (χ4n) is 7.17. The van der Waals surface area contributed by atoms with Crippen molar-refractivity contribution in [1.82, 2.24) is 20.1 Å². The summed E-state index contributed by atoms with van der Waals surface area (Å²) < 4.78 is 33.4. The summed E-state index contributed by atoms with van der Waals surface area (Å²) in [7, 11) is 0. The summed E-state index contributed by atoms with van der Waals surface area (Å²) in [6.07, 6.45) is 3.34. The first-order valence-corrected chi connectivity index (χ1v) is 20.5. The monoisotopic (exact) mass is 823 g/mol. The third-order valence-electron chi connectivity index (χ3n) is 10.1. The van der Waals surface area contributed by atoms with E-state index in [1.165, 1.54) is 41.4 Å². The Balaban J connectivity index is 0.924. The number of aromatic nitrogens is 1. The molecule has 302 valence electrons. The van der Waals surface area contributed by atoms with Crippen LogP contribution in [0.2, 0.25) is 0 Å². The predicted molar refractivity (Wildman–Crippen MR) is 211 cm³/mol. The molecule has 0 aliphatic carbocycles. The van der Waals surface area contributed by atoms with E-state index < -0.39 is 52.4 Å². The summed E-state index contributed by atoms with van der Waals surface area (Å²) in [5, 5.41) is 5.86. The molecule has 57 heavy (non-hydrogen) atoms. The van der Waals surface area contributed by atoms with E-state index in [4.69, 9.17) is 19.9 Å². The van der Waals surface area contributed by atoms with Crippen molar-refractivity contribution in [2.24, 2.45) is 10.7 Å². The summed E-state index contributed by atoms with van der Waals surface area (Å²) in [5.74, 6) is -3.19. The van der Waals surface area contributed by atoms with Gasteiger partial charge in [0.05, 0.1) is 46.1 Å². The first-order chi connectivity index (χ1) is 27.3. The molecule has 19 heteroatoms. The van der Waals surface area contributed by atoms with Crippen molar-refractivity contribution in [3.63, 3.8) is 0 Å². The molecule has 0 spiro atoms. The number of β-lactam (4-membered cyclic amide) rings is 1. The molecule has 7 rings (SSSR count). The van der Waals surface area contributed by atoms with Crippen molar-refractivity contribution in [2.45, 2.75) is 61.3 Å². The van der Waals surface area contributed by atoms with Crippen LogP contribution in [-0.2, 0) is 33.4 Å². The van der Waals surface area contributed by atoms with Gasteiger partial charge in [0.1, 0.15) is 40.9 Å². The number of hydrogen-bond acceptors (Lipinski definition) is 15. The first-order valence-electron chi connectivity index (χ1n) is 18.6. The van der Waals surface area contributed by atoms with E-state index in [9.17, 15) is 28.8 Å². The number of piperazine rings is 1. The fourth-order valence-corrected chi connectivity index (χ4v) is 9.65. The lowest BCUT2D eigenvalue weighted by atomic mass is 10.0. The Morgan fingerprint density at radius 2 is 1.79 bits per heavy atom. The maximum atomic E-state index is 15.3. The van der Waals surface area contributed by atoms with Gasteiger partial charge >= 0.3 is 17.9 Å². The van der Waals surface area contributed by atoms with E-state index in [-0.39, 0.29) is 53.2 Å². The Morgan fingerprint density at radius 1 is 1.07 bits per heavy atom. The van der Waals surface area contributed by atoms with Crippen LogP contribution in [0.15, 0.2) is 62.1 Å². The predicted octanol–water partition coefficient (Wildman–Crippen LogP) is 2.46. The SMILES string of the molecule is C=C(C(=O)N[C@@H]1C(=O)N2C(C(=O)OCCCCCOC(=O)c3c4n(c5cc(N6CCNCC6)c(F)cc5c3=O)C(C)S4)=C(COC(C)=O)CSC12)C1=CCC(N)=N1. The second-order valence-electron chi connectivity index (χ2n) is 14.0. The molecule has 5 aliphatic rings. The van der Waals surface area contributed by atoms with Gasteiger partial charge in [-0.05, 0) is 38.3 Å². The van der Waals surface area contributed by atoms with Gasteiger partial charge in [-0.25, -0.2) is 19.0 Å². The van der Waals surface area contributed by atoms with Crippen LogP contribution in [0.1, 0.15) is 55.3 Å². The Morgan fingerprint density at radius 3 is 2.46 bits per heavy atom. The summed E-state index contributed by atoms with van der Waals surface area (Å²) in [5.41, 5.74) is 6.75. The quantitative estimate of drug-likeness (QED) is 0.0824. The zero-order valence-electron chi connectivity index (χ0n) is 31.4. The normalized spacial score (nSPS) is 21.1. The summed E-state index contributed by atoms with van der Waals surface area (Å²) in [6.45, 7) is 9.43. The van der Waals surface area contributed by atoms with Crippen molar-refractivity contribution in [3.05, 3.63) is 68.9 Å². The number of nitrogens with zero attached hydrogens (tertiary/aromatic N) is 4. The minimum atomic E-state index is -0.940. The van der Waals surface area contributed by atoms with E-state index in [0.717, 1.165) is 13.1 Å². The molecule has 0 saturated carbocycles. The number of aliphatic imine (C=N–C) groups is 1. The Bertz CT molecular complexity index is 2230. The molecule has 1 aromatic heterocycles. The molecule has 2 amide bonds. The van der Waals surface area contributed by atoms with Crippen LogP contribution in [0.3, 0.4) is 0 Å². The molecule has 2 saturated heterocycles. The average Bonchev–Trinajstić information content (AvgIpc) is 3.63. The second kappa shape index (κ2) is 16.8. The van der Waals surface area contributed by atoms with Gasteiger partial charge in [-0.15, -0.1) is 11.8 Å². The number of rotatable bonds is 14. The number of nitrogens with two attached hydrogens (primary N) is 1. The zero-order valence-corrected chi connectivity index (χ0v) is 33.0. The molecule has 4 N–H and O–H groups in total. The van der Waals surface area contributed by atoms with E-state index in [1.807, 2.05) is 16.4 Å². The minimum Gasteiger partial charge on any atom is -0.462 e. The van der Waals surface area contributed by atoms with Gasteiger partial charge in [0.25, 0.3) is 11.8 Å². The number of amides is 2. The number of nitrogens with one attached hydrogen (secondary N) is 2. The molecular formula is C38H42FN7O9S2. The number of thioether (sulfide) groups is 2. The van der Waals surface area contributed by atoms with Crippen molar-refractivity contribution in [3.8, 4) is 0 Å². The van der Waals surface area contributed by atoms with Crippen LogP contribution in [-0.4, -0.2) is 108 Å². The van der Waals surface area contributed by atoms with Crippen molar-refractivity contribution < 1.29 is 42.6 Å². The summed E-state index contributed by atoms with van der Waals surface area (Å²) in [6, 6.07) is 1.97. The molecule has 1 aromatic carbocycles. The van der Waals surface area contributed by atoms with Gasteiger partial charge in [0.2, 0.25) is 5.43 Å². The number of ether oxygens (including phenoxy) is 3. The first kappa shape index (κ1) is 40.1. The van der Waals surface area contributed by atoms with Gasteiger partial charge in [-0.3, -0.25) is 24.1 Å². The van der Waals surface area contributed by atoms with Gasteiger partial charge in [0.15, 0.2) is 0 Å². The molecule has 5 aliphatic heterocycles. The topological polar surface area (TPSA) is 204 Å². The summed E-state index contributed by atoms with van der Waals surface area (Å²) in [4.78, 5) is 85.3. The number of esters is 3. The van der Waals surface area contributed by atoms with E-state index in [1.54, 1.807) is 12.1 Å². The number of anilines is 1. The standard InChI is InChI=1S/C38H42FN7O9S2/c1-19(25-7-8-28(40)42-25)33(49)43-30-34(50)46-31(22(17-55-21(3)47)18-56-36(30)46)38(52)54-14-6-4-5-13-53-37(51)29-32(48)23-15-24(39)27(44-11-9-41-10-12-44)16-26(23)45-20(2)57-35(29)45/h7,15-16,20,30,36,41H,1,4-6,8-14,17-18H2,2-3H3,(H2,40,42)(H,43,49)/t20?,30-,36?/m1/s1. The number of unbranched alkanes of at least 4 members (excludes halogenated alkanes) is 2. The molecule has 0 radical (unpaired) electrons. The van der Waals surface area contributed by atoms with Gasteiger partial charge < -0.3 is 40.0 Å². The molecule has 2 unspecified atom stereocenters. The van der Waals surface area contributed by atoms with Gasteiger partial charge in [0, 0.05) is 56.2 Å². The third kappa shape index (κ3) is 7.91. The van der Waals surface area contributed by atoms with E-state index in [0.29, 0.717) is 72.1 Å². The van der Waals surface area contributed by atoms with Crippen LogP contribution in [0.5, 0.6) is 0 Å². The van der Waals surface area contributed by atoms with Crippen molar-refractivity contribution in [1.29, 1.82) is 0 Å². The van der Waals surface area contributed by atoms with Gasteiger partial charge in [-0.1, -0.05) is 24.4 Å². The minimum absolute atomic E-state index is 0.00433. The average molecular weight is 824 g/mol. The van der Waals surface area contributed by atoms with Crippen LogP contribution in [0.4, 0.5) is 10.1 Å². The number of benzene rings is 1. The maximum Gasteiger partial charge on any atom is 0.355 e. The highest BCUT2D eigenvalue weighted by molar-refractivity contribution is 8.00. The zero-order chi connectivity index (χ0) is 40.5. The van der Waals surface area contributed by atoms with Crippen LogP contribution in [0, 0.1) is 5.82 Å².